The lowest BCUT2D eigenvalue weighted by molar-refractivity contribution is 0.928. The third-order valence-electron chi connectivity index (χ3n) is 2.55. The van der Waals surface area contributed by atoms with Gasteiger partial charge in [-0.25, -0.2) is 9.50 Å². The fourth-order valence-corrected chi connectivity index (χ4v) is 2.58. The Kier molecular flexibility index (Phi) is 2.93. The monoisotopic (exact) mass is 259 g/mol. The molecule has 1 N–H and O–H groups in total. The summed E-state index contributed by atoms with van der Waals surface area (Å²) in [7, 11) is 0. The smallest absolute Gasteiger partial charge is 0.214 e. The Hall–Kier alpha value is -1.95. The third kappa shape index (κ3) is 2.33. The van der Waals surface area contributed by atoms with Gasteiger partial charge in [0.1, 0.15) is 0 Å². The topological polar surface area (TPSA) is 55.1 Å². The van der Waals surface area contributed by atoms with Crippen molar-refractivity contribution in [3.63, 3.8) is 0 Å². The highest BCUT2D eigenvalue weighted by atomic mass is 32.1. The fourth-order valence-electron chi connectivity index (χ4n) is 1.72. The maximum atomic E-state index is 4.41. The van der Waals surface area contributed by atoms with Gasteiger partial charge < -0.3 is 5.32 Å². The molecule has 0 aliphatic carbocycles. The maximum Gasteiger partial charge on any atom is 0.214 e. The summed E-state index contributed by atoms with van der Waals surface area (Å²) in [4.78, 5) is 9.57. The second kappa shape index (κ2) is 4.73. The number of nitrogens with zero attached hydrogens (tertiary/aromatic N) is 4. The Bertz CT molecular complexity index is 611. The van der Waals surface area contributed by atoms with Crippen LogP contribution in [0, 0.1) is 6.92 Å². The van der Waals surface area contributed by atoms with Gasteiger partial charge in [0.2, 0.25) is 10.1 Å². The second-order valence-corrected chi connectivity index (χ2v) is 4.97. The van der Waals surface area contributed by atoms with Crippen LogP contribution in [0.3, 0.4) is 0 Å². The maximum absolute atomic E-state index is 4.41. The summed E-state index contributed by atoms with van der Waals surface area (Å²) in [6.07, 6.45) is 4.63. The minimum atomic E-state index is 0.826. The Balaban J connectivity index is 1.61. The lowest BCUT2D eigenvalue weighted by Gasteiger charge is -2.01. The molecule has 3 rings (SSSR count). The van der Waals surface area contributed by atoms with E-state index in [9.17, 15) is 0 Å². The lowest BCUT2D eigenvalue weighted by Crippen LogP contribution is -2.05. The number of hydrogen-bond donors (Lipinski definition) is 1. The summed E-state index contributed by atoms with van der Waals surface area (Å²) in [5.74, 6) is 0. The van der Waals surface area contributed by atoms with Gasteiger partial charge in [-0.2, -0.15) is 0 Å². The van der Waals surface area contributed by atoms with Crippen molar-refractivity contribution in [1.29, 1.82) is 0 Å². The second-order valence-electron chi connectivity index (χ2n) is 4.01. The Morgan fingerprint density at radius 1 is 1.39 bits per heavy atom. The highest BCUT2D eigenvalue weighted by Gasteiger charge is 2.05. The van der Waals surface area contributed by atoms with Crippen LogP contribution in [-0.2, 0) is 6.42 Å². The van der Waals surface area contributed by atoms with Gasteiger partial charge in [-0.3, -0.25) is 4.98 Å². The quantitative estimate of drug-likeness (QED) is 0.780. The third-order valence-corrected chi connectivity index (χ3v) is 3.43. The van der Waals surface area contributed by atoms with E-state index in [1.807, 2.05) is 42.0 Å². The molecule has 0 unspecified atom stereocenters. The molecule has 0 aromatic carbocycles. The first-order valence-electron chi connectivity index (χ1n) is 5.78. The minimum absolute atomic E-state index is 0.826. The van der Waals surface area contributed by atoms with E-state index in [2.05, 4.69) is 20.4 Å². The summed E-state index contributed by atoms with van der Waals surface area (Å²) in [6.45, 7) is 2.79. The molecule has 3 aromatic rings. The molecular weight excluding hydrogens is 246 g/mol. The molecular formula is C12H13N5S. The zero-order valence-corrected chi connectivity index (χ0v) is 10.8. The molecule has 18 heavy (non-hydrogen) atoms. The van der Waals surface area contributed by atoms with Gasteiger partial charge in [0, 0.05) is 24.9 Å². The molecule has 6 heteroatoms. The number of aromatic nitrogens is 4. The van der Waals surface area contributed by atoms with E-state index >= 15 is 0 Å². The van der Waals surface area contributed by atoms with Crippen LogP contribution >= 0.6 is 11.3 Å². The van der Waals surface area contributed by atoms with E-state index in [4.69, 9.17) is 0 Å². The number of imidazole rings is 1. The van der Waals surface area contributed by atoms with Crippen LogP contribution in [0.4, 0.5) is 5.13 Å². The summed E-state index contributed by atoms with van der Waals surface area (Å²) in [6, 6.07) is 5.96. The molecule has 0 fully saturated rings. The lowest BCUT2D eigenvalue weighted by atomic mass is 10.3. The molecule has 0 aliphatic heterocycles. The number of aryl methyl sites for hydroxylation is 1. The molecule has 0 saturated carbocycles. The Morgan fingerprint density at radius 2 is 2.33 bits per heavy atom. The fraction of sp³-hybridized carbons (Fsp3) is 0.250. The number of rotatable bonds is 4. The van der Waals surface area contributed by atoms with E-state index in [-0.39, 0.29) is 0 Å². The van der Waals surface area contributed by atoms with Crippen LogP contribution in [0.5, 0.6) is 0 Å². The Labute approximate surface area is 109 Å². The molecule has 3 aromatic heterocycles. The molecule has 0 aliphatic rings. The first kappa shape index (κ1) is 11.2. The minimum Gasteiger partial charge on any atom is -0.360 e. The van der Waals surface area contributed by atoms with Gasteiger partial charge in [-0.15, -0.1) is 5.10 Å². The molecule has 92 valence electrons. The number of hydrogen-bond acceptors (Lipinski definition) is 5. The van der Waals surface area contributed by atoms with Gasteiger partial charge in [-0.1, -0.05) is 17.4 Å². The van der Waals surface area contributed by atoms with E-state index in [0.29, 0.717) is 0 Å². The highest BCUT2D eigenvalue weighted by Crippen LogP contribution is 2.18. The van der Waals surface area contributed by atoms with Gasteiger partial charge in [0.25, 0.3) is 0 Å². The van der Waals surface area contributed by atoms with Crippen molar-refractivity contribution in [2.75, 3.05) is 11.9 Å². The molecule has 0 atom stereocenters. The molecule has 3 heterocycles. The molecule has 0 saturated heterocycles. The average Bonchev–Trinajstić information content (AvgIpc) is 2.87. The number of nitrogens with one attached hydrogen (secondary N) is 1. The van der Waals surface area contributed by atoms with Crippen molar-refractivity contribution in [1.82, 2.24) is 19.6 Å². The number of pyridine rings is 1. The van der Waals surface area contributed by atoms with Gasteiger partial charge in [-0.05, 0) is 19.1 Å². The van der Waals surface area contributed by atoms with Gasteiger partial charge >= 0.3 is 0 Å². The van der Waals surface area contributed by atoms with E-state index < -0.39 is 0 Å². The van der Waals surface area contributed by atoms with Crippen molar-refractivity contribution in [2.24, 2.45) is 0 Å². The molecule has 0 radical (unpaired) electrons. The summed E-state index contributed by atoms with van der Waals surface area (Å²) in [5, 5.41) is 8.60. The summed E-state index contributed by atoms with van der Waals surface area (Å²) >= 11 is 1.56. The van der Waals surface area contributed by atoms with E-state index in [0.717, 1.165) is 34.4 Å². The predicted molar refractivity (Wildman–Crippen MR) is 72.0 cm³/mol. The van der Waals surface area contributed by atoms with Gasteiger partial charge in [0.15, 0.2) is 0 Å². The standard InChI is InChI=1S/C12H13N5S/c1-9-8-17-12(15-9)18-11(16-17)14-7-5-10-4-2-3-6-13-10/h2-4,6,8H,5,7H2,1H3,(H,14,16). The summed E-state index contributed by atoms with van der Waals surface area (Å²) < 4.78 is 1.81. The Morgan fingerprint density at radius 3 is 3.11 bits per heavy atom. The summed E-state index contributed by atoms with van der Waals surface area (Å²) in [5.41, 5.74) is 2.08. The van der Waals surface area contributed by atoms with Crippen molar-refractivity contribution < 1.29 is 0 Å². The van der Waals surface area contributed by atoms with E-state index in [1.165, 1.54) is 0 Å². The highest BCUT2D eigenvalue weighted by molar-refractivity contribution is 7.20. The number of fused-ring (bicyclic) bond motifs is 1. The molecule has 0 amide bonds. The van der Waals surface area contributed by atoms with Crippen molar-refractivity contribution in [3.8, 4) is 0 Å². The van der Waals surface area contributed by atoms with E-state index in [1.54, 1.807) is 11.3 Å². The molecule has 5 nitrogen and oxygen atoms in total. The van der Waals surface area contributed by atoms with Crippen LogP contribution < -0.4 is 5.32 Å². The van der Waals surface area contributed by atoms with Crippen molar-refractivity contribution >= 4 is 21.4 Å². The van der Waals surface area contributed by atoms with Gasteiger partial charge in [0.05, 0.1) is 11.9 Å². The first-order valence-corrected chi connectivity index (χ1v) is 6.59. The van der Waals surface area contributed by atoms with Crippen LogP contribution in [0.1, 0.15) is 11.4 Å². The average molecular weight is 259 g/mol. The van der Waals surface area contributed by atoms with Crippen LogP contribution in [0.25, 0.3) is 4.96 Å². The zero-order chi connectivity index (χ0) is 12.4. The first-order chi connectivity index (χ1) is 8.81. The largest absolute Gasteiger partial charge is 0.360 e. The zero-order valence-electron chi connectivity index (χ0n) is 10.00. The van der Waals surface area contributed by atoms with Crippen LogP contribution in [0.2, 0.25) is 0 Å². The normalized spacial score (nSPS) is 10.9. The predicted octanol–water partition coefficient (Wildman–Crippen LogP) is 2.15. The van der Waals surface area contributed by atoms with Crippen LogP contribution in [0.15, 0.2) is 30.6 Å². The van der Waals surface area contributed by atoms with Crippen molar-refractivity contribution in [2.45, 2.75) is 13.3 Å². The molecule has 0 bridgehead atoms. The van der Waals surface area contributed by atoms with Crippen LogP contribution in [-0.4, -0.2) is 26.1 Å². The van der Waals surface area contributed by atoms with Crippen molar-refractivity contribution in [3.05, 3.63) is 42.0 Å². The SMILES string of the molecule is Cc1cn2nc(NCCc3ccccn3)sc2n1. The number of anilines is 1. The molecule has 0 spiro atoms.